The summed E-state index contributed by atoms with van der Waals surface area (Å²) in [5, 5.41) is 4.46. The Hall–Kier alpha value is -1.46. The fourth-order valence-corrected chi connectivity index (χ4v) is 3.88. The van der Waals surface area contributed by atoms with Gasteiger partial charge in [-0.25, -0.2) is 0 Å². The molecule has 1 aliphatic rings. The molecule has 2 heterocycles. The van der Waals surface area contributed by atoms with Gasteiger partial charge in [-0.15, -0.1) is 0 Å². The lowest BCUT2D eigenvalue weighted by Gasteiger charge is -2.22. The van der Waals surface area contributed by atoms with E-state index in [1.165, 1.54) is 0 Å². The van der Waals surface area contributed by atoms with E-state index in [1.54, 1.807) is 0 Å². The number of nitrogens with one attached hydrogen (secondary N) is 2. The van der Waals surface area contributed by atoms with Crippen LogP contribution in [0.5, 0.6) is 0 Å². The van der Waals surface area contributed by atoms with Crippen LogP contribution in [0, 0.1) is 0 Å². The van der Waals surface area contributed by atoms with Crippen molar-refractivity contribution in [3.05, 3.63) is 46.2 Å². The zero-order valence-electron chi connectivity index (χ0n) is 11.2. The van der Waals surface area contributed by atoms with Gasteiger partial charge in [-0.1, -0.05) is 18.2 Å². The predicted octanol–water partition coefficient (Wildman–Crippen LogP) is 1.53. The number of hydrogen-bond acceptors (Lipinski definition) is 3. The molecule has 0 saturated carbocycles. The van der Waals surface area contributed by atoms with Gasteiger partial charge in [-0.3, -0.25) is 9.00 Å². The monoisotopic (exact) mass is 290 g/mol. The predicted molar refractivity (Wildman–Crippen MR) is 82.3 cm³/mol. The first-order valence-corrected chi connectivity index (χ1v) is 8.40. The van der Waals surface area contributed by atoms with E-state index in [1.807, 2.05) is 30.3 Å². The smallest absolute Gasteiger partial charge is 0.252 e. The summed E-state index contributed by atoms with van der Waals surface area (Å²) < 4.78 is 11.3. The van der Waals surface area contributed by atoms with Gasteiger partial charge in [0.25, 0.3) is 5.56 Å². The maximum Gasteiger partial charge on any atom is 0.252 e. The van der Waals surface area contributed by atoms with Gasteiger partial charge in [0.2, 0.25) is 0 Å². The summed E-state index contributed by atoms with van der Waals surface area (Å²) in [5.74, 6) is 1.54. The van der Waals surface area contributed by atoms with Crippen molar-refractivity contribution in [1.82, 2.24) is 10.3 Å². The lowest BCUT2D eigenvalue weighted by Crippen LogP contribution is -2.36. The van der Waals surface area contributed by atoms with Crippen LogP contribution in [0.3, 0.4) is 0 Å². The topological polar surface area (TPSA) is 62.0 Å². The number of fused-ring (bicyclic) bond motifs is 1. The summed E-state index contributed by atoms with van der Waals surface area (Å²) >= 11 is 0. The van der Waals surface area contributed by atoms with E-state index in [-0.39, 0.29) is 5.56 Å². The van der Waals surface area contributed by atoms with Crippen LogP contribution in [-0.2, 0) is 17.3 Å². The van der Waals surface area contributed by atoms with E-state index in [0.29, 0.717) is 12.6 Å². The van der Waals surface area contributed by atoms with Crippen LogP contribution in [0.15, 0.2) is 35.1 Å². The summed E-state index contributed by atoms with van der Waals surface area (Å²) in [4.78, 5) is 14.9. The molecule has 0 aliphatic carbocycles. The molecule has 0 atom stereocenters. The molecule has 0 unspecified atom stereocenters. The molecular formula is C15H18N2O2S. The van der Waals surface area contributed by atoms with Gasteiger partial charge in [0.15, 0.2) is 0 Å². The third-order valence-electron chi connectivity index (χ3n) is 3.80. The number of aromatic amines is 1. The molecule has 2 N–H and O–H groups in total. The maximum absolute atomic E-state index is 12.0. The van der Waals surface area contributed by atoms with Crippen molar-refractivity contribution in [2.45, 2.75) is 25.4 Å². The molecule has 20 heavy (non-hydrogen) atoms. The summed E-state index contributed by atoms with van der Waals surface area (Å²) in [6.45, 7) is 0.567. The van der Waals surface area contributed by atoms with Crippen molar-refractivity contribution in [2.24, 2.45) is 0 Å². The van der Waals surface area contributed by atoms with Gasteiger partial charge >= 0.3 is 0 Å². The van der Waals surface area contributed by atoms with Crippen LogP contribution >= 0.6 is 0 Å². The summed E-state index contributed by atoms with van der Waals surface area (Å²) in [7, 11) is -0.640. The van der Waals surface area contributed by atoms with E-state index in [2.05, 4.69) is 10.3 Å². The van der Waals surface area contributed by atoms with Gasteiger partial charge in [0.05, 0.1) is 0 Å². The Balaban J connectivity index is 1.72. The number of pyridine rings is 1. The fourth-order valence-electron chi connectivity index (χ4n) is 2.58. The number of rotatable bonds is 3. The molecule has 1 fully saturated rings. The van der Waals surface area contributed by atoms with Crippen molar-refractivity contribution >= 4 is 21.7 Å². The zero-order valence-corrected chi connectivity index (χ0v) is 12.0. The Bertz CT molecular complexity index is 686. The number of H-pyrrole nitrogens is 1. The normalized spacial score (nSPS) is 23.0. The molecule has 0 amide bonds. The minimum absolute atomic E-state index is 0.0319. The molecule has 3 rings (SSSR count). The van der Waals surface area contributed by atoms with Crippen molar-refractivity contribution in [2.75, 3.05) is 11.5 Å². The Morgan fingerprint density at radius 2 is 2.00 bits per heavy atom. The Morgan fingerprint density at radius 1 is 1.25 bits per heavy atom. The molecule has 5 heteroatoms. The van der Waals surface area contributed by atoms with Crippen molar-refractivity contribution in [3.63, 3.8) is 0 Å². The van der Waals surface area contributed by atoms with E-state index < -0.39 is 10.8 Å². The minimum atomic E-state index is -0.640. The molecule has 0 radical (unpaired) electrons. The molecule has 106 valence electrons. The maximum atomic E-state index is 12.0. The highest BCUT2D eigenvalue weighted by Gasteiger charge is 2.17. The van der Waals surface area contributed by atoms with Crippen molar-refractivity contribution in [3.8, 4) is 0 Å². The number of benzene rings is 1. The third-order valence-corrected chi connectivity index (χ3v) is 5.18. The number of hydrogen-bond donors (Lipinski definition) is 2. The van der Waals surface area contributed by atoms with Gasteiger partial charge in [-0.05, 0) is 30.4 Å². The second kappa shape index (κ2) is 5.89. The first-order chi connectivity index (χ1) is 9.72. The lowest BCUT2D eigenvalue weighted by molar-refractivity contribution is 0.474. The molecule has 2 aromatic rings. The minimum Gasteiger partial charge on any atom is -0.322 e. The fraction of sp³-hybridized carbons (Fsp3) is 0.400. The molecule has 0 bridgehead atoms. The van der Waals surface area contributed by atoms with Crippen molar-refractivity contribution in [1.29, 1.82) is 0 Å². The second-order valence-corrected chi connectivity index (χ2v) is 6.91. The van der Waals surface area contributed by atoms with Crippen LogP contribution in [0.4, 0.5) is 0 Å². The highest BCUT2D eigenvalue weighted by atomic mass is 32.2. The van der Waals surface area contributed by atoms with Gasteiger partial charge < -0.3 is 10.3 Å². The van der Waals surface area contributed by atoms with Gasteiger partial charge in [0, 0.05) is 46.0 Å². The zero-order chi connectivity index (χ0) is 13.9. The Labute approximate surface area is 120 Å². The van der Waals surface area contributed by atoms with Crippen LogP contribution in [0.25, 0.3) is 10.9 Å². The highest BCUT2D eigenvalue weighted by molar-refractivity contribution is 7.85. The standard InChI is InChI=1S/C15H18N2O2S/c18-15-12(9-11-3-1-2-4-14(11)17-15)10-16-13-5-7-20(19)8-6-13/h1-4,9,13,16H,5-8,10H2,(H,17,18). The summed E-state index contributed by atoms with van der Waals surface area (Å²) in [6.07, 6.45) is 1.86. The van der Waals surface area contributed by atoms with Crippen LogP contribution in [-0.4, -0.2) is 26.7 Å². The summed E-state index contributed by atoms with van der Waals surface area (Å²) in [5.41, 5.74) is 1.60. The van der Waals surface area contributed by atoms with E-state index in [0.717, 1.165) is 40.8 Å². The number of aromatic nitrogens is 1. The van der Waals surface area contributed by atoms with E-state index in [4.69, 9.17) is 0 Å². The Morgan fingerprint density at radius 3 is 2.80 bits per heavy atom. The molecule has 4 nitrogen and oxygen atoms in total. The average molecular weight is 290 g/mol. The van der Waals surface area contributed by atoms with E-state index >= 15 is 0 Å². The average Bonchev–Trinajstić information content (AvgIpc) is 2.47. The molecular weight excluding hydrogens is 272 g/mol. The molecule has 1 aromatic carbocycles. The first kappa shape index (κ1) is 13.5. The highest BCUT2D eigenvalue weighted by Crippen LogP contribution is 2.12. The van der Waals surface area contributed by atoms with Gasteiger partial charge in [0.1, 0.15) is 0 Å². The third kappa shape index (κ3) is 2.99. The van der Waals surface area contributed by atoms with Crippen LogP contribution in [0.1, 0.15) is 18.4 Å². The Kier molecular flexibility index (Phi) is 3.98. The lowest BCUT2D eigenvalue weighted by atomic mass is 10.1. The second-order valence-electron chi connectivity index (χ2n) is 5.21. The molecule has 1 aliphatic heterocycles. The van der Waals surface area contributed by atoms with Crippen LogP contribution < -0.4 is 10.9 Å². The molecule has 0 spiro atoms. The summed E-state index contributed by atoms with van der Waals surface area (Å²) in [6, 6.07) is 10.1. The SMILES string of the molecule is O=c1[nH]c2ccccc2cc1CNC1CCS(=O)CC1. The molecule has 1 saturated heterocycles. The van der Waals surface area contributed by atoms with Gasteiger partial charge in [-0.2, -0.15) is 0 Å². The largest absolute Gasteiger partial charge is 0.322 e. The molecule has 1 aromatic heterocycles. The number of para-hydroxylation sites is 1. The quantitative estimate of drug-likeness (QED) is 0.901. The first-order valence-electron chi connectivity index (χ1n) is 6.92. The van der Waals surface area contributed by atoms with Crippen molar-refractivity contribution < 1.29 is 4.21 Å². The van der Waals surface area contributed by atoms with Crippen LogP contribution in [0.2, 0.25) is 0 Å². The van der Waals surface area contributed by atoms with E-state index in [9.17, 15) is 9.00 Å².